The van der Waals surface area contributed by atoms with Gasteiger partial charge in [0.1, 0.15) is 6.61 Å². The minimum atomic E-state index is -0.451. The van der Waals surface area contributed by atoms with Gasteiger partial charge in [-0.25, -0.2) is 0 Å². The maximum Gasteiger partial charge on any atom is 0.310 e. The third kappa shape index (κ3) is 3.13. The Balaban J connectivity index is 2.24. The van der Waals surface area contributed by atoms with Crippen LogP contribution in [0.4, 0.5) is 5.69 Å². The molecule has 0 atom stereocenters. The Hall–Kier alpha value is -2.40. The first-order valence-corrected chi connectivity index (χ1v) is 6.26. The van der Waals surface area contributed by atoms with E-state index in [0.717, 1.165) is 16.7 Å². The molecule has 0 spiro atoms. The quantitative estimate of drug-likeness (QED) is 0.670. The number of hydrogen-bond acceptors (Lipinski definition) is 4. The average Bonchev–Trinajstić information content (AvgIpc) is 2.46. The van der Waals surface area contributed by atoms with E-state index < -0.39 is 4.92 Å². The monoisotopic (exact) mass is 272 g/mol. The molecule has 2 N–H and O–H groups in total. The number of nitrogens with zero attached hydrogens (tertiary/aromatic N) is 1. The van der Waals surface area contributed by atoms with Crippen molar-refractivity contribution in [3.63, 3.8) is 0 Å². The van der Waals surface area contributed by atoms with Crippen LogP contribution >= 0.6 is 0 Å². The number of benzene rings is 2. The fraction of sp³-hybridized carbons (Fsp3) is 0.200. The van der Waals surface area contributed by atoms with Crippen molar-refractivity contribution in [3.05, 3.63) is 69.3 Å². The number of ether oxygens (including phenoxy) is 1. The maximum absolute atomic E-state index is 11.0. The van der Waals surface area contributed by atoms with E-state index >= 15 is 0 Å². The summed E-state index contributed by atoms with van der Waals surface area (Å²) >= 11 is 0. The normalized spacial score (nSPS) is 10.3. The van der Waals surface area contributed by atoms with Crippen LogP contribution in [0.2, 0.25) is 0 Å². The summed E-state index contributed by atoms with van der Waals surface area (Å²) in [5.74, 6) is 0.251. The molecule has 20 heavy (non-hydrogen) atoms. The summed E-state index contributed by atoms with van der Waals surface area (Å²) in [4.78, 5) is 10.5. The molecule has 2 aromatic carbocycles. The average molecular weight is 272 g/mol. The third-order valence-corrected chi connectivity index (χ3v) is 3.10. The fourth-order valence-corrected chi connectivity index (χ4v) is 1.88. The highest BCUT2D eigenvalue weighted by atomic mass is 16.6. The van der Waals surface area contributed by atoms with Crippen LogP contribution in [0.25, 0.3) is 0 Å². The summed E-state index contributed by atoms with van der Waals surface area (Å²) in [6.45, 7) is 2.59. The van der Waals surface area contributed by atoms with Gasteiger partial charge in [-0.15, -0.1) is 0 Å². The molecule has 0 aliphatic heterocycles. The number of aryl methyl sites for hydroxylation is 1. The summed E-state index contributed by atoms with van der Waals surface area (Å²) in [7, 11) is 0. The summed E-state index contributed by atoms with van der Waals surface area (Å²) in [6.07, 6.45) is 0. The van der Waals surface area contributed by atoms with Gasteiger partial charge in [0.25, 0.3) is 0 Å². The lowest BCUT2D eigenvalue weighted by Gasteiger charge is -2.10. The van der Waals surface area contributed by atoms with Gasteiger partial charge in [0.15, 0.2) is 5.75 Å². The minimum absolute atomic E-state index is 0.0456. The van der Waals surface area contributed by atoms with Gasteiger partial charge in [0.2, 0.25) is 0 Å². The third-order valence-electron chi connectivity index (χ3n) is 3.10. The van der Waals surface area contributed by atoms with Crippen molar-refractivity contribution in [2.75, 3.05) is 0 Å². The molecule has 0 saturated heterocycles. The SMILES string of the molecule is Cc1ccccc1COc1cc(CN)ccc1[N+](=O)[O-]. The maximum atomic E-state index is 11.0. The number of hydrogen-bond donors (Lipinski definition) is 1. The van der Waals surface area contributed by atoms with Crippen LogP contribution in [0.5, 0.6) is 5.75 Å². The van der Waals surface area contributed by atoms with Crippen molar-refractivity contribution in [1.82, 2.24) is 0 Å². The Morgan fingerprint density at radius 2 is 2.00 bits per heavy atom. The second-order valence-corrected chi connectivity index (χ2v) is 4.48. The highest BCUT2D eigenvalue weighted by Crippen LogP contribution is 2.28. The molecule has 0 heterocycles. The highest BCUT2D eigenvalue weighted by Gasteiger charge is 2.15. The number of nitro benzene ring substituents is 1. The lowest BCUT2D eigenvalue weighted by atomic mass is 10.1. The number of nitrogens with two attached hydrogens (primary N) is 1. The smallest absolute Gasteiger partial charge is 0.310 e. The topological polar surface area (TPSA) is 78.4 Å². The van der Waals surface area contributed by atoms with Crippen molar-refractivity contribution >= 4 is 5.69 Å². The van der Waals surface area contributed by atoms with Gasteiger partial charge in [0.05, 0.1) is 4.92 Å². The molecule has 0 saturated carbocycles. The molecule has 104 valence electrons. The molecule has 5 heteroatoms. The predicted molar refractivity (Wildman–Crippen MR) is 76.5 cm³/mol. The molecule has 0 radical (unpaired) electrons. The minimum Gasteiger partial charge on any atom is -0.482 e. The van der Waals surface area contributed by atoms with Crippen molar-refractivity contribution in [3.8, 4) is 5.75 Å². The highest BCUT2D eigenvalue weighted by molar-refractivity contribution is 5.48. The van der Waals surface area contributed by atoms with E-state index in [-0.39, 0.29) is 11.4 Å². The molecule has 0 fully saturated rings. The Bertz CT molecular complexity index is 626. The largest absolute Gasteiger partial charge is 0.482 e. The van der Waals surface area contributed by atoms with Gasteiger partial charge in [-0.3, -0.25) is 10.1 Å². The van der Waals surface area contributed by atoms with E-state index in [9.17, 15) is 10.1 Å². The van der Waals surface area contributed by atoms with Gasteiger partial charge in [-0.05, 0) is 29.7 Å². The van der Waals surface area contributed by atoms with Crippen LogP contribution in [0, 0.1) is 17.0 Å². The van der Waals surface area contributed by atoms with Gasteiger partial charge in [-0.2, -0.15) is 0 Å². The summed E-state index contributed by atoms with van der Waals surface area (Å²) in [5.41, 5.74) is 8.39. The number of nitro groups is 1. The van der Waals surface area contributed by atoms with Crippen LogP contribution in [0.15, 0.2) is 42.5 Å². The molecular weight excluding hydrogens is 256 g/mol. The molecule has 0 bridgehead atoms. The molecule has 0 aliphatic carbocycles. The van der Waals surface area contributed by atoms with Gasteiger partial charge in [-0.1, -0.05) is 30.3 Å². The van der Waals surface area contributed by atoms with Crippen molar-refractivity contribution in [2.24, 2.45) is 5.73 Å². The Morgan fingerprint density at radius 3 is 2.65 bits per heavy atom. The van der Waals surface area contributed by atoms with Crippen LogP contribution in [-0.2, 0) is 13.2 Å². The molecule has 2 rings (SSSR count). The number of rotatable bonds is 5. The zero-order chi connectivity index (χ0) is 14.5. The van der Waals surface area contributed by atoms with E-state index in [1.165, 1.54) is 6.07 Å². The first-order chi connectivity index (χ1) is 9.61. The molecule has 2 aromatic rings. The van der Waals surface area contributed by atoms with Crippen molar-refractivity contribution in [1.29, 1.82) is 0 Å². The lowest BCUT2D eigenvalue weighted by Crippen LogP contribution is -2.03. The predicted octanol–water partition coefficient (Wildman–Crippen LogP) is 2.94. The van der Waals surface area contributed by atoms with E-state index in [4.69, 9.17) is 10.5 Å². The fourth-order valence-electron chi connectivity index (χ4n) is 1.88. The zero-order valence-electron chi connectivity index (χ0n) is 11.2. The van der Waals surface area contributed by atoms with Crippen LogP contribution < -0.4 is 10.5 Å². The first-order valence-electron chi connectivity index (χ1n) is 6.26. The van der Waals surface area contributed by atoms with Gasteiger partial charge >= 0.3 is 5.69 Å². The van der Waals surface area contributed by atoms with Gasteiger partial charge < -0.3 is 10.5 Å². The molecule has 5 nitrogen and oxygen atoms in total. The zero-order valence-corrected chi connectivity index (χ0v) is 11.2. The Labute approximate surface area is 117 Å². The lowest BCUT2D eigenvalue weighted by molar-refractivity contribution is -0.386. The summed E-state index contributed by atoms with van der Waals surface area (Å²) in [6, 6.07) is 12.5. The molecule has 0 aliphatic rings. The Kier molecular flexibility index (Phi) is 4.32. The molecular formula is C15H16N2O3. The summed E-state index contributed by atoms with van der Waals surface area (Å²) < 4.78 is 5.61. The van der Waals surface area contributed by atoms with Crippen LogP contribution in [0.3, 0.4) is 0 Å². The van der Waals surface area contributed by atoms with E-state index in [1.807, 2.05) is 31.2 Å². The first kappa shape index (κ1) is 14.0. The van der Waals surface area contributed by atoms with Crippen LogP contribution in [0.1, 0.15) is 16.7 Å². The molecule has 0 amide bonds. The second kappa shape index (κ2) is 6.16. The molecule has 0 unspecified atom stereocenters. The molecule has 0 aromatic heterocycles. The Morgan fingerprint density at radius 1 is 1.25 bits per heavy atom. The second-order valence-electron chi connectivity index (χ2n) is 4.48. The van der Waals surface area contributed by atoms with E-state index in [0.29, 0.717) is 13.2 Å². The van der Waals surface area contributed by atoms with Crippen LogP contribution in [-0.4, -0.2) is 4.92 Å². The van der Waals surface area contributed by atoms with E-state index in [1.54, 1.807) is 12.1 Å². The standard InChI is InChI=1S/C15H16N2O3/c1-11-4-2-3-5-13(11)10-20-15-8-12(9-16)6-7-14(15)17(18)19/h2-8H,9-10,16H2,1H3. The summed E-state index contributed by atoms with van der Waals surface area (Å²) in [5, 5.41) is 11.0. The van der Waals surface area contributed by atoms with Crippen molar-refractivity contribution < 1.29 is 9.66 Å². The van der Waals surface area contributed by atoms with E-state index in [2.05, 4.69) is 0 Å². The van der Waals surface area contributed by atoms with Crippen molar-refractivity contribution in [2.45, 2.75) is 20.1 Å². The van der Waals surface area contributed by atoms with Gasteiger partial charge in [0, 0.05) is 12.6 Å².